The first-order valence-corrected chi connectivity index (χ1v) is 10.7. The molecule has 0 saturated carbocycles. The average molecular weight is 486 g/mol. The summed E-state index contributed by atoms with van der Waals surface area (Å²) < 4.78 is 16.2. The fraction of sp³-hybridized carbons (Fsp3) is 0.111. The summed E-state index contributed by atoms with van der Waals surface area (Å²) >= 11 is 0. The Morgan fingerprint density at radius 3 is 2.22 bits per heavy atom. The number of carboxylic acid groups (broad SMARTS) is 1. The Morgan fingerprint density at radius 1 is 0.972 bits per heavy atom. The van der Waals surface area contributed by atoms with Gasteiger partial charge in [0.25, 0.3) is 5.91 Å². The van der Waals surface area contributed by atoms with E-state index in [0.29, 0.717) is 22.6 Å². The molecule has 182 valence electrons. The van der Waals surface area contributed by atoms with Crippen LogP contribution in [-0.2, 0) is 4.79 Å². The van der Waals surface area contributed by atoms with Crippen molar-refractivity contribution in [3.63, 3.8) is 0 Å². The number of hydrogen-bond acceptors (Lipinski definition) is 7. The Kier molecular flexibility index (Phi) is 8.40. The van der Waals surface area contributed by atoms with Gasteiger partial charge in [-0.2, -0.15) is 5.26 Å². The van der Waals surface area contributed by atoms with E-state index in [1.807, 2.05) is 6.07 Å². The van der Waals surface area contributed by atoms with E-state index >= 15 is 0 Å². The molecule has 1 amide bonds. The summed E-state index contributed by atoms with van der Waals surface area (Å²) in [7, 11) is 1.53. The van der Waals surface area contributed by atoms with Crippen molar-refractivity contribution in [2.45, 2.75) is 6.92 Å². The number of carbonyl (C=O) groups excluding carboxylic acids is 2. The fourth-order valence-corrected chi connectivity index (χ4v) is 3.06. The number of nitriles is 1. The number of methoxy groups -OCH3 is 1. The van der Waals surface area contributed by atoms with Crippen molar-refractivity contribution in [1.29, 1.82) is 5.26 Å². The van der Waals surface area contributed by atoms with E-state index in [1.54, 1.807) is 43.3 Å². The summed E-state index contributed by atoms with van der Waals surface area (Å²) in [6.45, 7) is 2.06. The van der Waals surface area contributed by atoms with Gasteiger partial charge in [0.2, 0.25) is 0 Å². The third kappa shape index (κ3) is 6.48. The number of nitrogens with one attached hydrogen (secondary N) is 1. The number of amides is 1. The second kappa shape index (κ2) is 11.9. The molecule has 3 aromatic carbocycles. The largest absolute Gasteiger partial charge is 0.497 e. The molecule has 0 aromatic heterocycles. The van der Waals surface area contributed by atoms with Crippen LogP contribution in [0, 0.1) is 11.3 Å². The van der Waals surface area contributed by atoms with Crippen LogP contribution in [0.1, 0.15) is 33.2 Å². The van der Waals surface area contributed by atoms with E-state index in [1.165, 1.54) is 43.5 Å². The number of aromatic carboxylic acids is 1. The molecule has 2 N–H and O–H groups in total. The van der Waals surface area contributed by atoms with Crippen LogP contribution >= 0.6 is 0 Å². The summed E-state index contributed by atoms with van der Waals surface area (Å²) in [5.74, 6) is -1.31. The molecule has 36 heavy (non-hydrogen) atoms. The summed E-state index contributed by atoms with van der Waals surface area (Å²) in [5.41, 5.74) is 1.00. The summed E-state index contributed by atoms with van der Waals surface area (Å²) in [6.07, 6.45) is 1.36. The van der Waals surface area contributed by atoms with Gasteiger partial charge >= 0.3 is 11.9 Å². The molecule has 3 aromatic rings. The Balaban J connectivity index is 1.79. The molecule has 0 radical (unpaired) electrons. The van der Waals surface area contributed by atoms with Crippen LogP contribution in [0.3, 0.4) is 0 Å². The number of ether oxygens (including phenoxy) is 3. The minimum atomic E-state index is -1.09. The first kappa shape index (κ1) is 25.5. The SMILES string of the molecule is CCOc1cc(/C=C(\C#N)C(=O)Nc2ccc(C(=O)O)cc2)ccc1OC(=O)c1ccc(OC)cc1. The summed E-state index contributed by atoms with van der Waals surface area (Å²) in [4.78, 5) is 36.1. The quantitative estimate of drug-likeness (QED) is 0.195. The van der Waals surface area contributed by atoms with Crippen LogP contribution in [0.25, 0.3) is 6.08 Å². The highest BCUT2D eigenvalue weighted by atomic mass is 16.6. The molecule has 0 bridgehead atoms. The summed E-state index contributed by atoms with van der Waals surface area (Å²) in [5, 5.41) is 21.0. The molecule has 3 rings (SSSR count). The van der Waals surface area contributed by atoms with Crippen molar-refractivity contribution < 1.29 is 33.7 Å². The number of hydrogen-bond donors (Lipinski definition) is 2. The first-order chi connectivity index (χ1) is 17.3. The van der Waals surface area contributed by atoms with Gasteiger partial charge in [-0.3, -0.25) is 4.79 Å². The molecule has 0 spiro atoms. The Bertz CT molecular complexity index is 1340. The van der Waals surface area contributed by atoms with Gasteiger partial charge in [0, 0.05) is 5.69 Å². The van der Waals surface area contributed by atoms with Crippen molar-refractivity contribution >= 4 is 29.6 Å². The molecular formula is C27H22N2O7. The average Bonchev–Trinajstić information content (AvgIpc) is 2.89. The third-order valence-electron chi connectivity index (χ3n) is 4.86. The van der Waals surface area contributed by atoms with Gasteiger partial charge < -0.3 is 24.6 Å². The second-order valence-electron chi connectivity index (χ2n) is 7.26. The van der Waals surface area contributed by atoms with E-state index in [0.717, 1.165) is 0 Å². The van der Waals surface area contributed by atoms with Crippen molar-refractivity contribution in [3.8, 4) is 23.3 Å². The smallest absolute Gasteiger partial charge is 0.343 e. The predicted octanol–water partition coefficient (Wildman–Crippen LogP) is 4.56. The maximum atomic E-state index is 12.6. The van der Waals surface area contributed by atoms with Gasteiger partial charge in [0.1, 0.15) is 17.4 Å². The lowest BCUT2D eigenvalue weighted by Gasteiger charge is -2.12. The highest BCUT2D eigenvalue weighted by molar-refractivity contribution is 6.09. The van der Waals surface area contributed by atoms with E-state index < -0.39 is 17.8 Å². The molecule has 0 aliphatic carbocycles. The minimum Gasteiger partial charge on any atom is -0.497 e. The van der Waals surface area contributed by atoms with Gasteiger partial charge in [-0.25, -0.2) is 9.59 Å². The van der Waals surface area contributed by atoms with Gasteiger partial charge in [-0.1, -0.05) is 6.07 Å². The maximum absolute atomic E-state index is 12.6. The van der Waals surface area contributed by atoms with Gasteiger partial charge in [-0.05, 0) is 79.2 Å². The second-order valence-corrected chi connectivity index (χ2v) is 7.26. The van der Waals surface area contributed by atoms with Crippen LogP contribution in [0.5, 0.6) is 17.2 Å². The lowest BCUT2D eigenvalue weighted by Crippen LogP contribution is -2.13. The van der Waals surface area contributed by atoms with Crippen LogP contribution in [0.2, 0.25) is 0 Å². The predicted molar refractivity (Wildman–Crippen MR) is 131 cm³/mol. The van der Waals surface area contributed by atoms with Crippen molar-refractivity contribution in [2.24, 2.45) is 0 Å². The van der Waals surface area contributed by atoms with Gasteiger partial charge in [-0.15, -0.1) is 0 Å². The molecule has 0 saturated heterocycles. The van der Waals surface area contributed by atoms with Crippen LogP contribution in [0.4, 0.5) is 5.69 Å². The standard InChI is InChI=1S/C27H22N2O7/c1-3-35-24-15-17(4-13-23(24)36-27(33)19-7-11-22(34-2)12-8-19)14-20(16-28)25(30)29-21-9-5-18(6-10-21)26(31)32/h4-15H,3H2,1-2H3,(H,29,30)(H,31,32)/b20-14+. The van der Waals surface area contributed by atoms with Crippen LogP contribution < -0.4 is 19.5 Å². The Hall–Kier alpha value is -5.10. The monoisotopic (exact) mass is 486 g/mol. The minimum absolute atomic E-state index is 0.0697. The summed E-state index contributed by atoms with van der Waals surface area (Å²) in [6, 6.07) is 18.4. The molecule has 0 unspecified atom stereocenters. The van der Waals surface area contributed by atoms with Crippen molar-refractivity contribution in [1.82, 2.24) is 0 Å². The fourth-order valence-electron chi connectivity index (χ4n) is 3.06. The lowest BCUT2D eigenvalue weighted by atomic mass is 10.1. The van der Waals surface area contributed by atoms with Crippen molar-refractivity contribution in [3.05, 3.63) is 89.0 Å². The molecule has 9 heteroatoms. The molecule has 0 fully saturated rings. The molecule has 0 aliphatic rings. The first-order valence-electron chi connectivity index (χ1n) is 10.7. The van der Waals surface area contributed by atoms with Gasteiger partial charge in [0.05, 0.1) is 24.8 Å². The zero-order valence-electron chi connectivity index (χ0n) is 19.5. The zero-order chi connectivity index (χ0) is 26.1. The van der Waals surface area contributed by atoms with E-state index in [-0.39, 0.29) is 29.2 Å². The number of benzene rings is 3. The molecule has 0 aliphatic heterocycles. The topological polar surface area (TPSA) is 135 Å². The third-order valence-corrected chi connectivity index (χ3v) is 4.86. The number of esters is 1. The number of anilines is 1. The Morgan fingerprint density at radius 2 is 1.64 bits per heavy atom. The lowest BCUT2D eigenvalue weighted by molar-refractivity contribution is -0.112. The number of rotatable bonds is 9. The van der Waals surface area contributed by atoms with E-state index in [9.17, 15) is 19.6 Å². The van der Waals surface area contributed by atoms with E-state index in [2.05, 4.69) is 5.32 Å². The van der Waals surface area contributed by atoms with Crippen LogP contribution in [-0.4, -0.2) is 36.7 Å². The molecule has 0 atom stereocenters. The van der Waals surface area contributed by atoms with Crippen LogP contribution in [0.15, 0.2) is 72.3 Å². The molecule has 0 heterocycles. The maximum Gasteiger partial charge on any atom is 0.343 e. The molecule has 9 nitrogen and oxygen atoms in total. The highest BCUT2D eigenvalue weighted by Crippen LogP contribution is 2.30. The zero-order valence-corrected chi connectivity index (χ0v) is 19.5. The number of carbonyl (C=O) groups is 3. The van der Waals surface area contributed by atoms with Crippen molar-refractivity contribution in [2.75, 3.05) is 19.0 Å². The molecular weight excluding hydrogens is 464 g/mol. The Labute approximate surface area is 207 Å². The number of carboxylic acids is 1. The normalized spacial score (nSPS) is 10.6. The van der Waals surface area contributed by atoms with Gasteiger partial charge in [0.15, 0.2) is 11.5 Å². The van der Waals surface area contributed by atoms with E-state index in [4.69, 9.17) is 19.3 Å². The number of nitrogens with zero attached hydrogens (tertiary/aromatic N) is 1. The highest BCUT2D eigenvalue weighted by Gasteiger charge is 2.15.